The maximum absolute atomic E-state index is 11.9. The Morgan fingerprint density at radius 2 is 2.17 bits per heavy atom. The van der Waals surface area contributed by atoms with Crippen LogP contribution in [0.25, 0.3) is 0 Å². The molecule has 0 saturated carbocycles. The molecule has 18 heavy (non-hydrogen) atoms. The molecule has 7 nitrogen and oxygen atoms in total. The lowest BCUT2D eigenvalue weighted by Gasteiger charge is -2.09. The van der Waals surface area contributed by atoms with Crippen molar-refractivity contribution in [1.29, 1.82) is 0 Å². The van der Waals surface area contributed by atoms with E-state index in [-0.39, 0.29) is 25.5 Å². The van der Waals surface area contributed by atoms with Gasteiger partial charge in [0.25, 0.3) is 5.56 Å². The van der Waals surface area contributed by atoms with Crippen molar-refractivity contribution < 1.29 is 4.79 Å². The zero-order valence-corrected chi connectivity index (χ0v) is 10.4. The van der Waals surface area contributed by atoms with Crippen molar-refractivity contribution in [2.24, 2.45) is 5.73 Å². The second kappa shape index (κ2) is 6.75. The summed E-state index contributed by atoms with van der Waals surface area (Å²) in [5.74, 6) is -0.253. The molecule has 7 heteroatoms. The smallest absolute Gasteiger partial charge is 0.331 e. The van der Waals surface area contributed by atoms with Crippen LogP contribution < -0.4 is 22.3 Å². The van der Waals surface area contributed by atoms with Gasteiger partial charge in [-0.3, -0.25) is 18.7 Å². The molecule has 0 spiro atoms. The average Bonchev–Trinajstić information content (AvgIpc) is 2.35. The second-order valence-corrected chi connectivity index (χ2v) is 3.85. The highest BCUT2D eigenvalue weighted by Crippen LogP contribution is 1.81. The average molecular weight is 254 g/mol. The fourth-order valence-corrected chi connectivity index (χ4v) is 1.49. The molecule has 1 aromatic heterocycles. The fourth-order valence-electron chi connectivity index (χ4n) is 1.49. The first-order chi connectivity index (χ1) is 8.60. The molecule has 0 bridgehead atoms. The number of carbonyl (C=O) groups excluding carboxylic acids is 1. The Balaban J connectivity index is 2.91. The molecule has 1 amide bonds. The van der Waals surface area contributed by atoms with Gasteiger partial charge in [0.05, 0.1) is 0 Å². The normalized spacial score (nSPS) is 10.3. The quantitative estimate of drug-likeness (QED) is 0.645. The Hall–Kier alpha value is -1.89. The van der Waals surface area contributed by atoms with E-state index in [0.717, 1.165) is 11.0 Å². The van der Waals surface area contributed by atoms with Gasteiger partial charge in [-0.25, -0.2) is 4.79 Å². The van der Waals surface area contributed by atoms with Crippen LogP contribution in [0.3, 0.4) is 0 Å². The Bertz CT molecular complexity index is 518. The first kappa shape index (κ1) is 14.2. The van der Waals surface area contributed by atoms with Crippen LogP contribution in [0.4, 0.5) is 0 Å². The van der Waals surface area contributed by atoms with Crippen LogP contribution in [-0.4, -0.2) is 28.1 Å². The molecule has 0 unspecified atom stereocenters. The Morgan fingerprint density at radius 3 is 2.78 bits per heavy atom. The minimum absolute atomic E-state index is 0.0936. The van der Waals surface area contributed by atoms with E-state index in [4.69, 9.17) is 5.73 Å². The second-order valence-electron chi connectivity index (χ2n) is 3.85. The number of carbonyl (C=O) groups is 1. The van der Waals surface area contributed by atoms with Crippen molar-refractivity contribution in [3.8, 4) is 0 Å². The van der Waals surface area contributed by atoms with Crippen molar-refractivity contribution >= 4 is 5.91 Å². The highest BCUT2D eigenvalue weighted by atomic mass is 16.2. The molecule has 0 aliphatic heterocycles. The van der Waals surface area contributed by atoms with Gasteiger partial charge < -0.3 is 11.1 Å². The third kappa shape index (κ3) is 3.56. The van der Waals surface area contributed by atoms with Crippen LogP contribution in [0.2, 0.25) is 0 Å². The molecule has 1 heterocycles. The van der Waals surface area contributed by atoms with Gasteiger partial charge in [-0.1, -0.05) is 6.92 Å². The Labute approximate surface area is 104 Å². The molecule has 0 atom stereocenters. The standard InChI is InChI=1S/C11H18N4O3/c1-2-5-13-9(16)8-14-6-3-10(17)15(7-4-12)11(14)18/h3,6H,2,4-5,7-8,12H2,1H3,(H,13,16). The van der Waals surface area contributed by atoms with Gasteiger partial charge >= 0.3 is 5.69 Å². The predicted molar refractivity (Wildman–Crippen MR) is 67.3 cm³/mol. The highest BCUT2D eigenvalue weighted by Gasteiger charge is 2.07. The first-order valence-electron chi connectivity index (χ1n) is 5.87. The lowest BCUT2D eigenvalue weighted by Crippen LogP contribution is -2.42. The maximum atomic E-state index is 11.9. The summed E-state index contributed by atoms with van der Waals surface area (Å²) in [4.78, 5) is 34.8. The number of nitrogens with two attached hydrogens (primary N) is 1. The predicted octanol–water partition coefficient (Wildman–Crippen LogP) is -1.51. The summed E-state index contributed by atoms with van der Waals surface area (Å²) in [6.45, 7) is 2.75. The number of hydrogen-bond donors (Lipinski definition) is 2. The molecule has 0 aromatic carbocycles. The van der Waals surface area contributed by atoms with Crippen molar-refractivity contribution in [2.45, 2.75) is 26.4 Å². The summed E-state index contributed by atoms with van der Waals surface area (Å²) in [7, 11) is 0. The molecule has 1 rings (SSSR count). The number of amides is 1. The van der Waals surface area contributed by atoms with Crippen LogP contribution in [0.1, 0.15) is 13.3 Å². The van der Waals surface area contributed by atoms with Gasteiger partial charge in [0.1, 0.15) is 6.54 Å². The molecule has 1 aromatic rings. The molecule has 3 N–H and O–H groups in total. The minimum atomic E-state index is -0.514. The van der Waals surface area contributed by atoms with Gasteiger partial charge in [0, 0.05) is 31.9 Å². The highest BCUT2D eigenvalue weighted by molar-refractivity contribution is 5.75. The van der Waals surface area contributed by atoms with E-state index in [1.165, 1.54) is 16.8 Å². The van der Waals surface area contributed by atoms with Crippen LogP contribution in [0, 0.1) is 0 Å². The number of aromatic nitrogens is 2. The minimum Gasteiger partial charge on any atom is -0.355 e. The molecular formula is C11H18N4O3. The van der Waals surface area contributed by atoms with Crippen LogP contribution in [-0.2, 0) is 17.9 Å². The van der Waals surface area contributed by atoms with E-state index in [1.54, 1.807) is 0 Å². The molecule has 0 aliphatic rings. The number of nitrogens with zero attached hydrogens (tertiary/aromatic N) is 2. The van der Waals surface area contributed by atoms with Gasteiger partial charge in [0.2, 0.25) is 5.91 Å². The summed E-state index contributed by atoms with van der Waals surface area (Å²) in [6.07, 6.45) is 2.15. The zero-order chi connectivity index (χ0) is 13.5. The summed E-state index contributed by atoms with van der Waals surface area (Å²) < 4.78 is 2.22. The van der Waals surface area contributed by atoms with E-state index in [0.29, 0.717) is 6.54 Å². The van der Waals surface area contributed by atoms with E-state index in [1.807, 2.05) is 6.92 Å². The molecule has 0 aliphatic carbocycles. The van der Waals surface area contributed by atoms with Crippen LogP contribution in [0.15, 0.2) is 21.9 Å². The summed E-state index contributed by atoms with van der Waals surface area (Å²) in [6, 6.07) is 1.25. The van der Waals surface area contributed by atoms with E-state index >= 15 is 0 Å². The largest absolute Gasteiger partial charge is 0.355 e. The Kier molecular flexibility index (Phi) is 5.31. The maximum Gasteiger partial charge on any atom is 0.331 e. The summed E-state index contributed by atoms with van der Waals surface area (Å²) >= 11 is 0. The van der Waals surface area contributed by atoms with Gasteiger partial charge in [-0.2, -0.15) is 0 Å². The third-order valence-electron chi connectivity index (χ3n) is 2.38. The molecule has 100 valence electrons. The Morgan fingerprint density at radius 1 is 1.44 bits per heavy atom. The molecule has 0 fully saturated rings. The monoisotopic (exact) mass is 254 g/mol. The van der Waals surface area contributed by atoms with Crippen LogP contribution in [0.5, 0.6) is 0 Å². The number of nitrogens with one attached hydrogen (secondary N) is 1. The summed E-state index contributed by atoms with van der Waals surface area (Å²) in [5, 5.41) is 2.66. The van der Waals surface area contributed by atoms with Crippen LogP contribution >= 0.6 is 0 Å². The van der Waals surface area contributed by atoms with Crippen molar-refractivity contribution in [2.75, 3.05) is 13.1 Å². The van der Waals surface area contributed by atoms with Gasteiger partial charge in [0.15, 0.2) is 0 Å². The van der Waals surface area contributed by atoms with E-state index in [9.17, 15) is 14.4 Å². The number of rotatable bonds is 6. The SMILES string of the molecule is CCCNC(=O)Cn1ccc(=O)n(CCN)c1=O. The third-order valence-corrected chi connectivity index (χ3v) is 2.38. The van der Waals surface area contributed by atoms with Crippen molar-refractivity contribution in [3.05, 3.63) is 33.1 Å². The molecular weight excluding hydrogens is 236 g/mol. The fraction of sp³-hybridized carbons (Fsp3) is 0.545. The number of hydrogen-bond acceptors (Lipinski definition) is 4. The first-order valence-corrected chi connectivity index (χ1v) is 5.87. The van der Waals surface area contributed by atoms with E-state index < -0.39 is 11.2 Å². The molecule has 0 radical (unpaired) electrons. The lowest BCUT2D eigenvalue weighted by atomic mass is 10.4. The lowest BCUT2D eigenvalue weighted by molar-refractivity contribution is -0.121. The van der Waals surface area contributed by atoms with E-state index in [2.05, 4.69) is 5.32 Å². The zero-order valence-electron chi connectivity index (χ0n) is 10.4. The van der Waals surface area contributed by atoms with Gasteiger partial charge in [-0.15, -0.1) is 0 Å². The van der Waals surface area contributed by atoms with Crippen molar-refractivity contribution in [1.82, 2.24) is 14.5 Å². The molecule has 0 saturated heterocycles. The summed E-state index contributed by atoms with van der Waals surface area (Å²) in [5.41, 5.74) is 4.41. The topological polar surface area (TPSA) is 99.1 Å². The van der Waals surface area contributed by atoms with Gasteiger partial charge in [-0.05, 0) is 6.42 Å². The van der Waals surface area contributed by atoms with Crippen molar-refractivity contribution in [3.63, 3.8) is 0 Å².